The van der Waals surface area contributed by atoms with E-state index in [9.17, 15) is 18.0 Å². The highest BCUT2D eigenvalue weighted by Gasteiger charge is 2.55. The van der Waals surface area contributed by atoms with Crippen molar-refractivity contribution in [1.29, 1.82) is 0 Å². The molecule has 9 nitrogen and oxygen atoms in total. The molecule has 1 N–H and O–H groups in total. The van der Waals surface area contributed by atoms with E-state index < -0.39 is 61.6 Å². The van der Waals surface area contributed by atoms with Crippen molar-refractivity contribution in [2.45, 2.75) is 76.1 Å². The molecule has 1 unspecified atom stereocenters. The molecule has 1 aliphatic heterocycles. The maximum atomic E-state index is 15.2. The molecule has 0 aromatic heterocycles. The second-order valence-corrected chi connectivity index (χ2v) is 18.3. The minimum atomic E-state index is -3.74. The molecular weight excluding hydrogens is 718 g/mol. The Morgan fingerprint density at radius 1 is 1.04 bits per heavy atom. The number of anilines is 1. The maximum Gasteiger partial charge on any atom is 0.341 e. The summed E-state index contributed by atoms with van der Waals surface area (Å²) in [5.41, 5.74) is 0.393. The van der Waals surface area contributed by atoms with E-state index in [-0.39, 0.29) is 40.8 Å². The third kappa shape index (κ3) is 8.21. The summed E-state index contributed by atoms with van der Waals surface area (Å²) < 4.78 is 51.9. The number of benzene rings is 3. The van der Waals surface area contributed by atoms with Crippen LogP contribution >= 0.6 is 23.2 Å². The van der Waals surface area contributed by atoms with Gasteiger partial charge in [0.15, 0.2) is 9.84 Å². The average Bonchev–Trinajstić information content (AvgIpc) is 3.91. The number of sulfone groups is 1. The van der Waals surface area contributed by atoms with Crippen molar-refractivity contribution < 1.29 is 36.7 Å². The van der Waals surface area contributed by atoms with E-state index in [0.29, 0.717) is 16.3 Å². The first-order valence-corrected chi connectivity index (χ1v) is 19.1. The van der Waals surface area contributed by atoms with Crippen LogP contribution in [0.1, 0.15) is 86.8 Å². The molecule has 4 atom stereocenters. The van der Waals surface area contributed by atoms with Gasteiger partial charge in [0, 0.05) is 35.2 Å². The zero-order valence-electron chi connectivity index (χ0n) is 29.5. The fraction of sp³-hybridized carbons (Fsp3) is 0.447. The zero-order chi connectivity index (χ0) is 37.5. The smallest absolute Gasteiger partial charge is 0.341 e. The first kappa shape index (κ1) is 38.6. The number of halogens is 3. The molecule has 2 amide bonds. The maximum absolute atomic E-state index is 15.2. The van der Waals surface area contributed by atoms with Crippen LogP contribution in [-0.4, -0.2) is 61.9 Å². The Kier molecular flexibility index (Phi) is 11.2. The molecule has 3 aromatic rings. The van der Waals surface area contributed by atoms with Crippen LogP contribution in [0.15, 0.2) is 60.7 Å². The molecule has 2 fully saturated rings. The molecule has 3 aromatic carbocycles. The summed E-state index contributed by atoms with van der Waals surface area (Å²) in [6.07, 6.45) is 1.35. The lowest BCUT2D eigenvalue weighted by Gasteiger charge is -2.52. The van der Waals surface area contributed by atoms with Crippen molar-refractivity contribution in [3.05, 3.63) is 93.2 Å². The molecule has 1 saturated heterocycles. The fourth-order valence-electron chi connectivity index (χ4n) is 6.95. The van der Waals surface area contributed by atoms with Crippen LogP contribution in [0.25, 0.3) is 0 Å². The summed E-state index contributed by atoms with van der Waals surface area (Å²) in [5.74, 6) is -2.89. The van der Waals surface area contributed by atoms with Crippen molar-refractivity contribution in [3.8, 4) is 5.75 Å². The molecule has 13 heteroatoms. The number of carbonyl (C=O) groups is 3. The van der Waals surface area contributed by atoms with Crippen LogP contribution < -0.4 is 10.1 Å². The molecule has 51 heavy (non-hydrogen) atoms. The van der Waals surface area contributed by atoms with Gasteiger partial charge in [0.25, 0.3) is 0 Å². The van der Waals surface area contributed by atoms with E-state index in [2.05, 4.69) is 5.32 Å². The Labute approximate surface area is 308 Å². The number of nitrogens with zero attached hydrogens (tertiary/aromatic N) is 1. The van der Waals surface area contributed by atoms with E-state index in [0.717, 1.165) is 18.4 Å². The molecule has 1 saturated carbocycles. The SMILES string of the molecule is COC(=O)c1ccc(NC(=O)C[C@@]2(C)C[C@H](c3cccc(Cl)c3)[C@@H](c3ccc(Cl)c(F)c3)N(C(CS(=O)(=O)C(C)(C)C)C3CC3)C2=O)cc1OC. The number of methoxy groups -OCH3 is 2. The first-order valence-electron chi connectivity index (χ1n) is 16.7. The monoisotopic (exact) mass is 760 g/mol. The van der Waals surface area contributed by atoms with Gasteiger partial charge < -0.3 is 19.7 Å². The van der Waals surface area contributed by atoms with Gasteiger partial charge in [-0.05, 0) is 93.5 Å². The number of piperidine rings is 1. The standard InChI is InChI=1S/C38H43Cl2FN2O7S/c1-37(2,3)51(47,48)21-31(22-10-11-22)43-34(24-12-15-29(40)30(41)17-24)28(23-8-7-9-25(39)16-23)19-38(4,36(43)46)20-33(44)42-26-13-14-27(35(45)50-6)32(18-26)49-5/h7-9,12-18,22,28,31,34H,10-11,19-21H2,1-6H3,(H,42,44)/t28-,31?,34-,38-/m1/s1. The van der Waals surface area contributed by atoms with Gasteiger partial charge in [-0.1, -0.05) is 48.3 Å². The van der Waals surface area contributed by atoms with Gasteiger partial charge in [0.05, 0.1) is 41.2 Å². The fourth-order valence-corrected chi connectivity index (χ4v) is 8.65. The largest absolute Gasteiger partial charge is 0.496 e. The summed E-state index contributed by atoms with van der Waals surface area (Å²) in [7, 11) is -1.10. The predicted molar refractivity (Wildman–Crippen MR) is 196 cm³/mol. The third-order valence-corrected chi connectivity index (χ3v) is 13.1. The van der Waals surface area contributed by atoms with Crippen molar-refractivity contribution >= 4 is 56.5 Å². The Hall–Kier alpha value is -3.67. The molecule has 274 valence electrons. The molecular formula is C38H43Cl2FN2O7S. The van der Waals surface area contributed by atoms with Gasteiger partial charge in [0.1, 0.15) is 17.1 Å². The Morgan fingerprint density at radius 3 is 2.33 bits per heavy atom. The lowest BCUT2D eigenvalue weighted by atomic mass is 9.66. The molecule has 0 bridgehead atoms. The van der Waals surface area contributed by atoms with Gasteiger partial charge >= 0.3 is 5.97 Å². The van der Waals surface area contributed by atoms with Crippen LogP contribution in [-0.2, 0) is 24.2 Å². The van der Waals surface area contributed by atoms with E-state index >= 15 is 9.18 Å². The molecule has 1 aliphatic carbocycles. The van der Waals surface area contributed by atoms with E-state index in [1.54, 1.807) is 56.9 Å². The predicted octanol–water partition coefficient (Wildman–Crippen LogP) is 8.01. The zero-order valence-corrected chi connectivity index (χ0v) is 31.8. The minimum Gasteiger partial charge on any atom is -0.496 e. The number of esters is 1. The van der Waals surface area contributed by atoms with E-state index in [1.807, 2.05) is 6.07 Å². The Balaban J connectivity index is 1.62. The summed E-state index contributed by atoms with van der Waals surface area (Å²) in [6, 6.07) is 14.5. The summed E-state index contributed by atoms with van der Waals surface area (Å²) in [4.78, 5) is 42.7. The number of likely N-dealkylation sites (tertiary alicyclic amines) is 1. The highest BCUT2D eigenvalue weighted by atomic mass is 35.5. The normalized spacial score (nSPS) is 21.6. The van der Waals surface area contributed by atoms with Gasteiger partial charge in [0.2, 0.25) is 11.8 Å². The number of hydrogen-bond acceptors (Lipinski definition) is 7. The van der Waals surface area contributed by atoms with Gasteiger partial charge in [-0.15, -0.1) is 0 Å². The van der Waals surface area contributed by atoms with Crippen molar-refractivity contribution in [1.82, 2.24) is 4.90 Å². The van der Waals surface area contributed by atoms with Crippen molar-refractivity contribution in [2.24, 2.45) is 11.3 Å². The second-order valence-electron chi connectivity index (χ2n) is 14.7. The quantitative estimate of drug-likeness (QED) is 0.197. The molecule has 2 aliphatic rings. The van der Waals surface area contributed by atoms with Crippen LogP contribution in [0.5, 0.6) is 5.75 Å². The molecule has 0 spiro atoms. The minimum absolute atomic E-state index is 0.0847. The number of ether oxygens (including phenoxy) is 2. The Morgan fingerprint density at radius 2 is 1.75 bits per heavy atom. The van der Waals surface area contributed by atoms with Crippen LogP contribution in [0.3, 0.4) is 0 Å². The topological polar surface area (TPSA) is 119 Å². The highest BCUT2D eigenvalue weighted by Crippen LogP contribution is 2.54. The number of rotatable bonds is 11. The first-order chi connectivity index (χ1) is 23.9. The second kappa shape index (κ2) is 14.8. The number of amides is 2. The van der Waals surface area contributed by atoms with Gasteiger partial charge in [-0.3, -0.25) is 9.59 Å². The molecule has 0 radical (unpaired) electrons. The van der Waals surface area contributed by atoms with Gasteiger partial charge in [-0.2, -0.15) is 0 Å². The summed E-state index contributed by atoms with van der Waals surface area (Å²) in [6.45, 7) is 6.60. The van der Waals surface area contributed by atoms with Crippen molar-refractivity contribution in [3.63, 3.8) is 0 Å². The summed E-state index contributed by atoms with van der Waals surface area (Å²) in [5, 5.41) is 3.20. The molecule has 1 heterocycles. The third-order valence-electron chi connectivity index (χ3n) is 9.95. The van der Waals surface area contributed by atoms with Crippen molar-refractivity contribution in [2.75, 3.05) is 25.3 Å². The van der Waals surface area contributed by atoms with Crippen LogP contribution in [0.4, 0.5) is 10.1 Å². The van der Waals surface area contributed by atoms with Gasteiger partial charge in [-0.25, -0.2) is 17.6 Å². The van der Waals surface area contributed by atoms with E-state index in [1.165, 1.54) is 44.6 Å². The molecule has 5 rings (SSSR count). The Bertz CT molecular complexity index is 1950. The number of nitrogens with one attached hydrogen (secondary N) is 1. The lowest BCUT2D eigenvalue weighted by molar-refractivity contribution is -0.156. The number of hydrogen-bond donors (Lipinski definition) is 1. The lowest BCUT2D eigenvalue weighted by Crippen LogP contribution is -2.59. The van der Waals surface area contributed by atoms with E-state index in [4.69, 9.17) is 32.7 Å². The average molecular weight is 762 g/mol. The van der Waals surface area contributed by atoms with Crippen LogP contribution in [0, 0.1) is 17.2 Å². The highest BCUT2D eigenvalue weighted by molar-refractivity contribution is 7.92. The van der Waals surface area contributed by atoms with Crippen LogP contribution in [0.2, 0.25) is 10.0 Å². The number of carbonyl (C=O) groups excluding carboxylic acids is 3. The summed E-state index contributed by atoms with van der Waals surface area (Å²) >= 11 is 12.6.